The van der Waals surface area contributed by atoms with Crippen molar-refractivity contribution in [1.82, 2.24) is 29.1 Å². The average Bonchev–Trinajstić information content (AvgIpc) is 3.35. The average molecular weight is 543 g/mol. The van der Waals surface area contributed by atoms with Gasteiger partial charge < -0.3 is 0 Å². The van der Waals surface area contributed by atoms with E-state index in [2.05, 4.69) is 65.5 Å². The first-order valence-electron chi connectivity index (χ1n) is 12.9. The molecule has 0 bridgehead atoms. The highest BCUT2D eigenvalue weighted by Gasteiger charge is 2.71. The van der Waals surface area contributed by atoms with Crippen LogP contribution in [-0.4, -0.2) is 50.6 Å². The molecule has 2 fully saturated rings. The molecule has 39 heavy (non-hydrogen) atoms. The van der Waals surface area contributed by atoms with Crippen LogP contribution in [0.25, 0.3) is 16.6 Å². The lowest BCUT2D eigenvalue weighted by Gasteiger charge is -2.24. The Balaban J connectivity index is 1.33. The second kappa shape index (κ2) is 8.30. The Hall–Kier alpha value is -3.89. The first-order valence-corrected chi connectivity index (χ1v) is 14.3. The lowest BCUT2D eigenvalue weighted by molar-refractivity contribution is 0.418. The largest absolute Gasteiger partial charge is 0.264 e. The molecule has 2 aromatic heterocycles. The number of halogens is 1. The molecule has 8 nitrogen and oxygen atoms in total. The third kappa shape index (κ3) is 3.58. The Labute approximate surface area is 225 Å². The second-order valence-electron chi connectivity index (χ2n) is 10.8. The molecule has 1 saturated carbocycles. The fourth-order valence-electron chi connectivity index (χ4n) is 6.56. The van der Waals surface area contributed by atoms with E-state index in [-0.39, 0.29) is 28.1 Å². The van der Waals surface area contributed by atoms with Crippen LogP contribution in [0.1, 0.15) is 28.2 Å². The molecule has 3 heterocycles. The van der Waals surface area contributed by atoms with E-state index in [0.717, 1.165) is 27.7 Å². The maximum Gasteiger partial charge on any atom is 0.264 e. The Bertz CT molecular complexity index is 1850. The Morgan fingerprint density at radius 1 is 0.974 bits per heavy atom. The summed E-state index contributed by atoms with van der Waals surface area (Å²) in [5.74, 6) is 0.0431. The number of aromatic nitrogens is 5. The summed E-state index contributed by atoms with van der Waals surface area (Å²) < 4.78 is 43.9. The van der Waals surface area contributed by atoms with Crippen molar-refractivity contribution in [2.24, 2.45) is 13.0 Å². The van der Waals surface area contributed by atoms with Crippen molar-refractivity contribution >= 4 is 20.9 Å². The van der Waals surface area contributed by atoms with E-state index >= 15 is 0 Å². The Kier molecular flexibility index (Phi) is 5.15. The molecule has 3 atom stereocenters. The summed E-state index contributed by atoms with van der Waals surface area (Å²) >= 11 is 0. The summed E-state index contributed by atoms with van der Waals surface area (Å²) in [6, 6.07) is 19.1. The Morgan fingerprint density at radius 2 is 1.72 bits per heavy atom. The Morgan fingerprint density at radius 3 is 2.41 bits per heavy atom. The maximum absolute atomic E-state index is 13.5. The van der Waals surface area contributed by atoms with Gasteiger partial charge in [-0.3, -0.25) is 0 Å². The van der Waals surface area contributed by atoms with E-state index < -0.39 is 10.0 Å². The third-order valence-corrected chi connectivity index (χ3v) is 10.1. The summed E-state index contributed by atoms with van der Waals surface area (Å²) in [4.78, 5) is 1.27. The summed E-state index contributed by atoms with van der Waals surface area (Å²) in [6.07, 6.45) is 3.13. The minimum absolute atomic E-state index is 0.0268. The van der Waals surface area contributed by atoms with Crippen LogP contribution in [0.2, 0.25) is 0 Å². The van der Waals surface area contributed by atoms with Gasteiger partial charge in [-0.2, -0.15) is 19.3 Å². The van der Waals surface area contributed by atoms with Crippen LogP contribution in [-0.2, 0) is 22.5 Å². The van der Waals surface area contributed by atoms with Gasteiger partial charge in [0.25, 0.3) is 10.0 Å². The van der Waals surface area contributed by atoms with Gasteiger partial charge in [-0.25, -0.2) is 17.5 Å². The first-order chi connectivity index (χ1) is 18.7. The molecule has 2 aliphatic rings. The first kappa shape index (κ1) is 24.2. The van der Waals surface area contributed by atoms with Gasteiger partial charge in [-0.1, -0.05) is 29.8 Å². The fraction of sp³-hybridized carbons (Fsp3) is 0.276. The molecule has 198 valence electrons. The smallest absolute Gasteiger partial charge is 0.233 e. The molecule has 3 aromatic carbocycles. The molecule has 0 unspecified atom stereocenters. The number of rotatable bonds is 5. The standard InChI is InChI=1S/C29H27FN6O2S/c1-18-4-6-20(7-5-18)28-25-16-35(39(37,38)27-15-31-34(3)33-27)17-29(25,28)24-13-21-14-32-36(26(21)12-19(24)2)23-10-8-22(30)9-11-23/h4-15,25,28H,16-17H2,1-3H3/t25-,28-,29+/m0/s1. The summed E-state index contributed by atoms with van der Waals surface area (Å²) in [6.45, 7) is 4.93. The van der Waals surface area contributed by atoms with Crippen LogP contribution >= 0.6 is 0 Å². The summed E-state index contributed by atoms with van der Waals surface area (Å²) in [5.41, 5.74) is 5.97. The van der Waals surface area contributed by atoms with Gasteiger partial charge in [0.05, 0.1) is 23.6 Å². The van der Waals surface area contributed by atoms with Crippen molar-refractivity contribution in [3.63, 3.8) is 0 Å². The van der Waals surface area contributed by atoms with Crippen molar-refractivity contribution in [2.45, 2.75) is 30.2 Å². The van der Waals surface area contributed by atoms with Crippen LogP contribution in [0.4, 0.5) is 4.39 Å². The van der Waals surface area contributed by atoms with Crippen LogP contribution in [0, 0.1) is 25.6 Å². The minimum atomic E-state index is -3.78. The van der Waals surface area contributed by atoms with Crippen LogP contribution in [0.3, 0.4) is 0 Å². The van der Waals surface area contributed by atoms with Crippen molar-refractivity contribution in [2.75, 3.05) is 13.1 Å². The van der Waals surface area contributed by atoms with Gasteiger partial charge in [-0.05, 0) is 72.9 Å². The lowest BCUT2D eigenvalue weighted by Crippen LogP contribution is -2.35. The lowest BCUT2D eigenvalue weighted by atomic mass is 9.86. The highest BCUT2D eigenvalue weighted by Crippen LogP contribution is 2.70. The predicted molar refractivity (Wildman–Crippen MR) is 145 cm³/mol. The molecular formula is C29H27FN6O2S. The molecule has 1 aliphatic heterocycles. The number of nitrogens with zero attached hydrogens (tertiary/aromatic N) is 6. The number of piperidine rings is 1. The van der Waals surface area contributed by atoms with Gasteiger partial charge in [0.1, 0.15) is 5.82 Å². The number of fused-ring (bicyclic) bond motifs is 2. The zero-order valence-electron chi connectivity index (χ0n) is 21.8. The maximum atomic E-state index is 13.5. The molecule has 1 saturated heterocycles. The van der Waals surface area contributed by atoms with E-state index in [9.17, 15) is 12.8 Å². The SMILES string of the molecule is Cc1ccc([C@H]2[C@@H]3CN(S(=O)(=O)c4cnn(C)n4)C[C@@]32c2cc3cnn(-c4ccc(F)cc4)c3cc2C)cc1. The van der Waals surface area contributed by atoms with Crippen molar-refractivity contribution in [3.8, 4) is 5.69 Å². The minimum Gasteiger partial charge on any atom is -0.233 e. The third-order valence-electron chi connectivity index (χ3n) is 8.45. The molecule has 10 heteroatoms. The summed E-state index contributed by atoms with van der Waals surface area (Å²) in [5, 5.41) is 13.6. The molecule has 7 rings (SSSR count). The van der Waals surface area contributed by atoms with E-state index in [0.29, 0.717) is 13.1 Å². The molecule has 0 radical (unpaired) electrons. The van der Waals surface area contributed by atoms with E-state index in [1.807, 2.05) is 10.9 Å². The molecular weight excluding hydrogens is 515 g/mol. The van der Waals surface area contributed by atoms with E-state index in [4.69, 9.17) is 0 Å². The fourth-order valence-corrected chi connectivity index (χ4v) is 7.97. The zero-order chi connectivity index (χ0) is 27.1. The van der Waals surface area contributed by atoms with E-state index in [1.54, 1.807) is 23.5 Å². The monoisotopic (exact) mass is 542 g/mol. The van der Waals surface area contributed by atoms with Crippen LogP contribution in [0.15, 0.2) is 78.1 Å². The number of aryl methyl sites for hydroxylation is 3. The van der Waals surface area contributed by atoms with Gasteiger partial charge >= 0.3 is 0 Å². The quantitative estimate of drug-likeness (QED) is 0.331. The molecule has 0 amide bonds. The van der Waals surface area contributed by atoms with Gasteiger partial charge in [0.15, 0.2) is 0 Å². The molecule has 0 N–H and O–H groups in total. The number of benzene rings is 3. The molecule has 1 aliphatic carbocycles. The van der Waals surface area contributed by atoms with Gasteiger partial charge in [0, 0.05) is 36.9 Å². The topological polar surface area (TPSA) is 85.9 Å². The van der Waals surface area contributed by atoms with Crippen molar-refractivity contribution in [1.29, 1.82) is 0 Å². The normalized spacial score (nSPS) is 22.9. The number of sulfonamides is 1. The van der Waals surface area contributed by atoms with Crippen molar-refractivity contribution < 1.29 is 12.8 Å². The number of hydrogen-bond acceptors (Lipinski definition) is 5. The van der Waals surface area contributed by atoms with Crippen LogP contribution in [0.5, 0.6) is 0 Å². The van der Waals surface area contributed by atoms with Gasteiger partial charge in [-0.15, -0.1) is 5.10 Å². The van der Waals surface area contributed by atoms with Crippen molar-refractivity contribution in [3.05, 3.63) is 101 Å². The predicted octanol–water partition coefficient (Wildman–Crippen LogP) is 4.27. The zero-order valence-corrected chi connectivity index (χ0v) is 22.6. The van der Waals surface area contributed by atoms with E-state index in [1.165, 1.54) is 34.3 Å². The van der Waals surface area contributed by atoms with Gasteiger partial charge in [0.2, 0.25) is 5.03 Å². The highest BCUT2D eigenvalue weighted by atomic mass is 32.2. The second-order valence-corrected chi connectivity index (χ2v) is 12.6. The highest BCUT2D eigenvalue weighted by molar-refractivity contribution is 7.89. The van der Waals surface area contributed by atoms with Crippen LogP contribution < -0.4 is 0 Å². The molecule has 5 aromatic rings. The number of hydrogen-bond donors (Lipinski definition) is 0. The summed E-state index contributed by atoms with van der Waals surface area (Å²) in [7, 11) is -2.17. The molecule has 0 spiro atoms.